The fourth-order valence-electron chi connectivity index (χ4n) is 3.96. The monoisotopic (exact) mass is 499 g/mol. The maximum absolute atomic E-state index is 13.2. The predicted octanol–water partition coefficient (Wildman–Crippen LogP) is 4.78. The Hall–Kier alpha value is -2.94. The average Bonchev–Trinajstić information content (AvgIpc) is 3.47. The molecule has 2 amide bonds. The van der Waals surface area contributed by atoms with Gasteiger partial charge in [-0.15, -0.1) is 16.4 Å². The summed E-state index contributed by atoms with van der Waals surface area (Å²) in [6.07, 6.45) is 1.49. The van der Waals surface area contributed by atoms with Crippen molar-refractivity contribution >= 4 is 56.4 Å². The molecule has 1 aliphatic rings. The minimum atomic E-state index is -0.261. The number of halogens is 2. The van der Waals surface area contributed by atoms with E-state index in [1.54, 1.807) is 21.9 Å². The van der Waals surface area contributed by atoms with Crippen LogP contribution >= 0.6 is 34.5 Å². The van der Waals surface area contributed by atoms with E-state index in [0.717, 1.165) is 15.8 Å². The van der Waals surface area contributed by atoms with Crippen LogP contribution in [-0.4, -0.2) is 62.1 Å². The lowest BCUT2D eigenvalue weighted by Crippen LogP contribution is -2.55. The van der Waals surface area contributed by atoms with E-state index < -0.39 is 0 Å². The zero-order chi connectivity index (χ0) is 23.1. The molecule has 7 nitrogen and oxygen atoms in total. The van der Waals surface area contributed by atoms with E-state index in [4.69, 9.17) is 23.2 Å². The molecule has 1 fully saturated rings. The molecule has 0 aliphatic carbocycles. The number of amides is 2. The van der Waals surface area contributed by atoms with Crippen molar-refractivity contribution in [2.75, 3.05) is 19.6 Å². The summed E-state index contributed by atoms with van der Waals surface area (Å²) in [5, 5.41) is 6.42. The van der Waals surface area contributed by atoms with Gasteiger partial charge in [0.2, 0.25) is 5.82 Å². The first-order valence-electron chi connectivity index (χ1n) is 10.4. The zero-order valence-electron chi connectivity index (χ0n) is 17.6. The molecule has 1 saturated heterocycles. The second-order valence-electron chi connectivity index (χ2n) is 7.85. The van der Waals surface area contributed by atoms with Gasteiger partial charge in [0.1, 0.15) is 6.33 Å². The second-order valence-corrected chi connectivity index (χ2v) is 9.78. The highest BCUT2D eigenvalue weighted by molar-refractivity contribution is 7.20. The van der Waals surface area contributed by atoms with Crippen molar-refractivity contribution in [1.29, 1.82) is 0 Å². The Morgan fingerprint density at radius 2 is 1.88 bits per heavy atom. The van der Waals surface area contributed by atoms with Gasteiger partial charge in [0, 0.05) is 45.8 Å². The summed E-state index contributed by atoms with van der Waals surface area (Å²) < 4.78 is 2.50. The van der Waals surface area contributed by atoms with Crippen LogP contribution < -0.4 is 0 Å². The summed E-state index contributed by atoms with van der Waals surface area (Å²) in [4.78, 5) is 34.5. The topological polar surface area (TPSA) is 71.3 Å². The van der Waals surface area contributed by atoms with Crippen molar-refractivity contribution in [2.24, 2.45) is 0 Å². The predicted molar refractivity (Wildman–Crippen MR) is 130 cm³/mol. The van der Waals surface area contributed by atoms with E-state index in [-0.39, 0.29) is 23.7 Å². The van der Waals surface area contributed by atoms with Crippen LogP contribution in [0.1, 0.15) is 27.2 Å². The lowest BCUT2D eigenvalue weighted by Gasteiger charge is -2.39. The summed E-state index contributed by atoms with van der Waals surface area (Å²) in [6, 6.07) is 14.5. The van der Waals surface area contributed by atoms with Crippen molar-refractivity contribution in [1.82, 2.24) is 24.6 Å². The molecule has 33 heavy (non-hydrogen) atoms. The summed E-state index contributed by atoms with van der Waals surface area (Å²) in [5.74, 6) is -0.195. The van der Waals surface area contributed by atoms with Crippen LogP contribution in [0.5, 0.6) is 0 Å². The maximum Gasteiger partial charge on any atom is 0.293 e. The molecule has 0 N–H and O–H groups in total. The van der Waals surface area contributed by atoms with Crippen molar-refractivity contribution in [3.63, 3.8) is 0 Å². The van der Waals surface area contributed by atoms with Gasteiger partial charge in [-0.2, -0.15) is 0 Å². The quantitative estimate of drug-likeness (QED) is 0.406. The molecule has 1 atom stereocenters. The first-order valence-corrected chi connectivity index (χ1v) is 11.9. The number of benzene rings is 2. The first-order chi connectivity index (χ1) is 15.9. The number of fused-ring (bicyclic) bond motifs is 1. The summed E-state index contributed by atoms with van der Waals surface area (Å²) in [7, 11) is 0. The Balaban J connectivity index is 1.28. The average molecular weight is 500 g/mol. The molecule has 1 unspecified atom stereocenters. The van der Waals surface area contributed by atoms with Gasteiger partial charge in [-0.1, -0.05) is 35.3 Å². The number of thiophene rings is 1. The van der Waals surface area contributed by atoms with Crippen molar-refractivity contribution in [3.8, 4) is 5.69 Å². The highest BCUT2D eigenvalue weighted by Crippen LogP contribution is 2.32. The molecule has 168 valence electrons. The Kier molecular flexibility index (Phi) is 5.82. The largest absolute Gasteiger partial charge is 0.332 e. The van der Waals surface area contributed by atoms with Crippen molar-refractivity contribution < 1.29 is 9.59 Å². The van der Waals surface area contributed by atoms with E-state index in [0.29, 0.717) is 34.6 Å². The van der Waals surface area contributed by atoms with Gasteiger partial charge in [-0.25, -0.2) is 9.67 Å². The molecule has 0 saturated carbocycles. The third-order valence-electron chi connectivity index (χ3n) is 5.65. The molecule has 3 heterocycles. The van der Waals surface area contributed by atoms with E-state index >= 15 is 0 Å². The molecule has 4 aromatic rings. The molecule has 0 radical (unpaired) electrons. The fourth-order valence-corrected chi connectivity index (χ4v) is 5.47. The number of nitrogens with zero attached hydrogens (tertiary/aromatic N) is 5. The number of rotatable bonds is 3. The van der Waals surface area contributed by atoms with E-state index in [9.17, 15) is 9.59 Å². The van der Waals surface area contributed by atoms with Gasteiger partial charge in [0.05, 0.1) is 10.6 Å². The first kappa shape index (κ1) is 21.9. The fraction of sp³-hybridized carbons (Fsp3) is 0.217. The third kappa shape index (κ3) is 4.21. The van der Waals surface area contributed by atoms with Gasteiger partial charge in [-0.05, 0) is 43.3 Å². The third-order valence-corrected chi connectivity index (χ3v) is 7.30. The Bertz CT molecular complexity index is 1370. The number of carbonyl (C=O) groups is 2. The molecule has 2 aromatic heterocycles. The van der Waals surface area contributed by atoms with Crippen LogP contribution in [-0.2, 0) is 0 Å². The normalized spacial score (nSPS) is 16.4. The minimum Gasteiger partial charge on any atom is -0.332 e. The smallest absolute Gasteiger partial charge is 0.293 e. The Labute approximate surface area is 204 Å². The molecule has 0 spiro atoms. The zero-order valence-corrected chi connectivity index (χ0v) is 19.9. The van der Waals surface area contributed by atoms with Crippen LogP contribution in [0.15, 0.2) is 54.9 Å². The SMILES string of the molecule is CC1CN(C(=O)c2ncn(-c3cccc(Cl)c3)n2)CCN1C(=O)c1cc2c(Cl)cccc2s1. The maximum atomic E-state index is 13.2. The van der Waals surface area contributed by atoms with Crippen molar-refractivity contribution in [3.05, 3.63) is 75.6 Å². The molecule has 2 aromatic carbocycles. The van der Waals surface area contributed by atoms with Crippen LogP contribution in [0.4, 0.5) is 0 Å². The molecule has 1 aliphatic heterocycles. The highest BCUT2D eigenvalue weighted by Gasteiger charge is 2.32. The van der Waals surface area contributed by atoms with Gasteiger partial charge >= 0.3 is 0 Å². The Morgan fingerprint density at radius 1 is 1.06 bits per heavy atom. The summed E-state index contributed by atoms with van der Waals surface area (Å²) >= 11 is 13.7. The molecule has 10 heteroatoms. The van der Waals surface area contributed by atoms with Gasteiger partial charge in [0.25, 0.3) is 11.8 Å². The van der Waals surface area contributed by atoms with Crippen LogP contribution in [0, 0.1) is 0 Å². The number of hydrogen-bond donors (Lipinski definition) is 0. The standard InChI is InChI=1S/C23H19Cl2N5O2S/c1-14-12-28(23(32)21-26-13-30(27-21)16-5-2-4-15(24)10-16)8-9-29(14)22(31)20-11-17-18(25)6-3-7-19(17)33-20/h2-7,10-11,13-14H,8-9,12H2,1H3. The van der Waals surface area contributed by atoms with E-state index in [1.807, 2.05) is 43.3 Å². The van der Waals surface area contributed by atoms with Crippen LogP contribution in [0.2, 0.25) is 10.0 Å². The second kappa shape index (κ2) is 8.78. The van der Waals surface area contributed by atoms with Gasteiger partial charge in [0.15, 0.2) is 0 Å². The number of hydrogen-bond acceptors (Lipinski definition) is 5. The number of carbonyl (C=O) groups excluding carboxylic acids is 2. The lowest BCUT2D eigenvalue weighted by molar-refractivity contribution is 0.0411. The van der Waals surface area contributed by atoms with Crippen LogP contribution in [0.3, 0.4) is 0 Å². The Morgan fingerprint density at radius 3 is 2.64 bits per heavy atom. The highest BCUT2D eigenvalue weighted by atomic mass is 35.5. The molecular weight excluding hydrogens is 481 g/mol. The molecular formula is C23H19Cl2N5O2S. The number of aromatic nitrogens is 3. The van der Waals surface area contributed by atoms with Gasteiger partial charge in [-0.3, -0.25) is 9.59 Å². The van der Waals surface area contributed by atoms with E-state index in [2.05, 4.69) is 10.1 Å². The minimum absolute atomic E-state index is 0.0461. The van der Waals surface area contributed by atoms with E-state index in [1.165, 1.54) is 22.3 Å². The van der Waals surface area contributed by atoms with Gasteiger partial charge < -0.3 is 9.80 Å². The summed E-state index contributed by atoms with van der Waals surface area (Å²) in [5.41, 5.74) is 0.723. The molecule has 0 bridgehead atoms. The summed E-state index contributed by atoms with van der Waals surface area (Å²) in [6.45, 7) is 3.19. The van der Waals surface area contributed by atoms with Crippen LogP contribution in [0.25, 0.3) is 15.8 Å². The van der Waals surface area contributed by atoms with Crippen molar-refractivity contribution in [2.45, 2.75) is 13.0 Å². The molecule has 5 rings (SSSR count). The lowest BCUT2D eigenvalue weighted by atomic mass is 10.1. The number of piperazine rings is 1.